The molecule has 1 aromatic rings. The number of nitrogens with one attached hydrogen (secondary N) is 1. The molecule has 0 aromatic carbocycles. The summed E-state index contributed by atoms with van der Waals surface area (Å²) in [5.74, 6) is -0.213. The maximum atomic E-state index is 11.2. The van der Waals surface area contributed by atoms with E-state index >= 15 is 0 Å². The second kappa shape index (κ2) is 3.42. The molecule has 76 valence electrons. The van der Waals surface area contributed by atoms with Gasteiger partial charge in [-0.3, -0.25) is 4.79 Å². The van der Waals surface area contributed by atoms with Crippen LogP contribution in [0.4, 0.5) is 0 Å². The van der Waals surface area contributed by atoms with Crippen LogP contribution in [0.25, 0.3) is 0 Å². The first-order valence-electron chi connectivity index (χ1n) is 4.45. The number of methoxy groups -OCH3 is 1. The summed E-state index contributed by atoms with van der Waals surface area (Å²) in [6, 6.07) is 1.80. The Hall–Kier alpha value is -1.36. The SMILES string of the molecule is COC(=O)CC1(c2ccon2)CNC1. The molecule has 1 fully saturated rings. The zero-order valence-corrected chi connectivity index (χ0v) is 7.95. The molecule has 0 aliphatic carbocycles. The Morgan fingerprint density at radius 3 is 3.00 bits per heavy atom. The van der Waals surface area contributed by atoms with Crippen molar-refractivity contribution >= 4 is 5.97 Å². The topological polar surface area (TPSA) is 64.4 Å². The molecule has 1 aromatic heterocycles. The second-order valence-corrected chi connectivity index (χ2v) is 3.52. The molecule has 0 spiro atoms. The van der Waals surface area contributed by atoms with Crippen molar-refractivity contribution in [3.63, 3.8) is 0 Å². The molecule has 5 nitrogen and oxygen atoms in total. The van der Waals surface area contributed by atoms with Crippen LogP contribution in [-0.4, -0.2) is 31.3 Å². The molecule has 5 heteroatoms. The van der Waals surface area contributed by atoms with Gasteiger partial charge in [0.1, 0.15) is 6.26 Å². The summed E-state index contributed by atoms with van der Waals surface area (Å²) in [6.45, 7) is 1.49. The number of hydrogen-bond acceptors (Lipinski definition) is 5. The van der Waals surface area contributed by atoms with Gasteiger partial charge in [0.15, 0.2) is 0 Å². The average molecular weight is 196 g/mol. The fraction of sp³-hybridized carbons (Fsp3) is 0.556. The number of nitrogens with zero attached hydrogens (tertiary/aromatic N) is 1. The number of carbonyl (C=O) groups excluding carboxylic acids is 1. The maximum absolute atomic E-state index is 11.2. The molecular formula is C9H12N2O3. The van der Waals surface area contributed by atoms with Crippen molar-refractivity contribution in [3.05, 3.63) is 18.0 Å². The van der Waals surface area contributed by atoms with Gasteiger partial charge in [-0.25, -0.2) is 0 Å². The quantitative estimate of drug-likeness (QED) is 0.693. The smallest absolute Gasteiger partial charge is 0.306 e. The fourth-order valence-corrected chi connectivity index (χ4v) is 1.66. The van der Waals surface area contributed by atoms with Gasteiger partial charge >= 0.3 is 5.97 Å². The van der Waals surface area contributed by atoms with Gasteiger partial charge in [-0.05, 0) is 0 Å². The Labute approximate surface area is 81.4 Å². The molecule has 1 N–H and O–H groups in total. The predicted octanol–water partition coefficient (Wildman–Crippen LogP) is 0.0787. The van der Waals surface area contributed by atoms with Crippen molar-refractivity contribution in [3.8, 4) is 0 Å². The van der Waals surface area contributed by atoms with E-state index in [1.807, 2.05) is 0 Å². The van der Waals surface area contributed by atoms with Crippen LogP contribution in [-0.2, 0) is 14.9 Å². The maximum Gasteiger partial charge on any atom is 0.306 e. The van der Waals surface area contributed by atoms with Crippen molar-refractivity contribution in [1.29, 1.82) is 0 Å². The van der Waals surface area contributed by atoms with Gasteiger partial charge in [0.05, 0.1) is 24.6 Å². The number of hydrogen-bond donors (Lipinski definition) is 1. The Bertz CT molecular complexity index is 317. The summed E-state index contributed by atoms with van der Waals surface area (Å²) in [6.07, 6.45) is 1.87. The van der Waals surface area contributed by atoms with Gasteiger partial charge in [-0.2, -0.15) is 0 Å². The summed E-state index contributed by atoms with van der Waals surface area (Å²) >= 11 is 0. The van der Waals surface area contributed by atoms with Crippen LogP contribution in [0.15, 0.2) is 16.9 Å². The van der Waals surface area contributed by atoms with Gasteiger partial charge < -0.3 is 14.6 Å². The molecule has 2 rings (SSSR count). The molecule has 2 heterocycles. The molecule has 1 aliphatic rings. The zero-order chi connectivity index (χ0) is 10.0. The lowest BCUT2D eigenvalue weighted by Crippen LogP contribution is -2.58. The number of esters is 1. The van der Waals surface area contributed by atoms with Crippen LogP contribution in [0, 0.1) is 0 Å². The van der Waals surface area contributed by atoms with Crippen LogP contribution >= 0.6 is 0 Å². The molecule has 1 aliphatic heterocycles. The minimum Gasteiger partial charge on any atom is -0.469 e. The van der Waals surface area contributed by atoms with E-state index < -0.39 is 0 Å². The lowest BCUT2D eigenvalue weighted by molar-refractivity contribution is -0.142. The largest absolute Gasteiger partial charge is 0.469 e. The summed E-state index contributed by atoms with van der Waals surface area (Å²) in [5, 5.41) is 7.01. The molecule has 1 saturated heterocycles. The van der Waals surface area contributed by atoms with Crippen LogP contribution in [0.3, 0.4) is 0 Å². The minimum absolute atomic E-state index is 0.213. The first kappa shape index (κ1) is 9.21. The first-order valence-corrected chi connectivity index (χ1v) is 4.45. The monoisotopic (exact) mass is 196 g/mol. The summed E-state index contributed by atoms with van der Waals surface area (Å²) in [5.41, 5.74) is 0.599. The zero-order valence-electron chi connectivity index (χ0n) is 7.95. The highest BCUT2D eigenvalue weighted by atomic mass is 16.5. The summed E-state index contributed by atoms with van der Waals surface area (Å²) < 4.78 is 9.44. The van der Waals surface area contributed by atoms with E-state index in [4.69, 9.17) is 4.52 Å². The van der Waals surface area contributed by atoms with Gasteiger partial charge in [-0.15, -0.1) is 0 Å². The molecule has 14 heavy (non-hydrogen) atoms. The Morgan fingerprint density at radius 2 is 2.57 bits per heavy atom. The Kier molecular flexibility index (Phi) is 2.25. The number of ether oxygens (including phenoxy) is 1. The predicted molar refractivity (Wildman–Crippen MR) is 47.7 cm³/mol. The van der Waals surface area contributed by atoms with E-state index in [-0.39, 0.29) is 11.4 Å². The number of aromatic nitrogens is 1. The normalized spacial score (nSPS) is 18.6. The van der Waals surface area contributed by atoms with E-state index in [9.17, 15) is 4.79 Å². The lowest BCUT2D eigenvalue weighted by atomic mass is 9.76. The highest BCUT2D eigenvalue weighted by Gasteiger charge is 2.43. The fourth-order valence-electron chi connectivity index (χ4n) is 1.66. The number of carbonyl (C=O) groups is 1. The van der Waals surface area contributed by atoms with Crippen LogP contribution in [0.2, 0.25) is 0 Å². The highest BCUT2D eigenvalue weighted by Crippen LogP contribution is 2.31. The molecule has 0 amide bonds. The van der Waals surface area contributed by atoms with Gasteiger partial charge in [0.2, 0.25) is 0 Å². The number of rotatable bonds is 3. The van der Waals surface area contributed by atoms with E-state index in [0.717, 1.165) is 18.8 Å². The first-order chi connectivity index (χ1) is 6.77. The molecule has 0 bridgehead atoms. The van der Waals surface area contributed by atoms with E-state index in [2.05, 4.69) is 15.2 Å². The van der Waals surface area contributed by atoms with Crippen LogP contribution in [0.5, 0.6) is 0 Å². The van der Waals surface area contributed by atoms with Crippen molar-refractivity contribution in [2.45, 2.75) is 11.8 Å². The average Bonchev–Trinajstić information content (AvgIpc) is 2.63. The van der Waals surface area contributed by atoms with Gasteiger partial charge in [0, 0.05) is 19.2 Å². The lowest BCUT2D eigenvalue weighted by Gasteiger charge is -2.39. The van der Waals surface area contributed by atoms with Crippen molar-refractivity contribution in [2.24, 2.45) is 0 Å². The standard InChI is InChI=1S/C9H12N2O3/c1-13-8(12)4-9(5-10-6-9)7-2-3-14-11-7/h2-3,10H,4-6H2,1H3. The minimum atomic E-state index is -0.222. The van der Waals surface area contributed by atoms with Crippen molar-refractivity contribution < 1.29 is 14.1 Å². The molecular weight excluding hydrogens is 184 g/mol. The summed E-state index contributed by atoms with van der Waals surface area (Å²) in [7, 11) is 1.39. The Balaban J connectivity index is 2.14. The third kappa shape index (κ3) is 1.39. The molecule has 0 atom stereocenters. The second-order valence-electron chi connectivity index (χ2n) is 3.52. The Morgan fingerprint density at radius 1 is 1.79 bits per heavy atom. The molecule has 0 saturated carbocycles. The van der Waals surface area contributed by atoms with Gasteiger partial charge in [0.25, 0.3) is 0 Å². The third-order valence-corrected chi connectivity index (χ3v) is 2.62. The van der Waals surface area contributed by atoms with Crippen molar-refractivity contribution in [2.75, 3.05) is 20.2 Å². The van der Waals surface area contributed by atoms with Gasteiger partial charge in [-0.1, -0.05) is 5.16 Å². The van der Waals surface area contributed by atoms with Crippen molar-refractivity contribution in [1.82, 2.24) is 10.5 Å². The van der Waals surface area contributed by atoms with Crippen LogP contribution < -0.4 is 5.32 Å². The molecule has 0 unspecified atom stereocenters. The van der Waals surface area contributed by atoms with E-state index in [1.165, 1.54) is 13.4 Å². The van der Waals surface area contributed by atoms with E-state index in [1.54, 1.807) is 6.07 Å². The van der Waals surface area contributed by atoms with E-state index in [0.29, 0.717) is 6.42 Å². The highest BCUT2D eigenvalue weighted by molar-refractivity contribution is 5.71. The third-order valence-electron chi connectivity index (χ3n) is 2.62. The summed E-state index contributed by atoms with van der Waals surface area (Å²) in [4.78, 5) is 11.2. The molecule has 0 radical (unpaired) electrons. The van der Waals surface area contributed by atoms with Crippen LogP contribution in [0.1, 0.15) is 12.1 Å².